The molecule has 1 fully saturated rings. The zero-order valence-electron chi connectivity index (χ0n) is 18.2. The molecule has 0 amide bonds. The van der Waals surface area contributed by atoms with Crippen LogP contribution in [0.15, 0.2) is 52.2 Å². The second kappa shape index (κ2) is 10.9. The molecule has 1 aliphatic rings. The van der Waals surface area contributed by atoms with E-state index in [0.29, 0.717) is 6.54 Å². The standard InChI is InChI=1S/C24H32N4O3/c1-29-22-9-4-8-21-23(22)18(16-27-21)10-12-25-24(26-13-11-19-7-5-15-30-19)28-17-20-6-2-3-14-31-20/h4-5,7-9,15-16,20,27H,2-3,6,10-14,17H2,1H3,(H2,25,26,28). The number of aliphatic imine (C=N–C) groups is 1. The summed E-state index contributed by atoms with van der Waals surface area (Å²) < 4.78 is 16.8. The predicted molar refractivity (Wildman–Crippen MR) is 123 cm³/mol. The van der Waals surface area contributed by atoms with Gasteiger partial charge in [0.15, 0.2) is 5.96 Å². The van der Waals surface area contributed by atoms with Crippen LogP contribution in [0.25, 0.3) is 10.9 Å². The zero-order valence-corrected chi connectivity index (χ0v) is 18.2. The Bertz CT molecular complexity index is 959. The number of methoxy groups -OCH3 is 1. The maximum atomic E-state index is 5.83. The molecule has 0 spiro atoms. The lowest BCUT2D eigenvalue weighted by Crippen LogP contribution is -2.40. The molecule has 1 aliphatic heterocycles. The predicted octanol–water partition coefficient (Wildman–Crippen LogP) is 3.66. The first-order chi connectivity index (χ1) is 15.3. The summed E-state index contributed by atoms with van der Waals surface area (Å²) in [6.45, 7) is 3.04. The van der Waals surface area contributed by atoms with Crippen molar-refractivity contribution in [1.82, 2.24) is 15.6 Å². The number of aromatic amines is 1. The van der Waals surface area contributed by atoms with Gasteiger partial charge in [0.1, 0.15) is 11.5 Å². The van der Waals surface area contributed by atoms with Gasteiger partial charge in [0.05, 0.1) is 26.0 Å². The third-order valence-corrected chi connectivity index (χ3v) is 5.63. The zero-order chi connectivity index (χ0) is 21.3. The number of aromatic nitrogens is 1. The summed E-state index contributed by atoms with van der Waals surface area (Å²) in [5, 5.41) is 8.05. The lowest BCUT2D eigenvalue weighted by molar-refractivity contribution is 0.0224. The van der Waals surface area contributed by atoms with Crippen molar-refractivity contribution in [1.29, 1.82) is 0 Å². The number of fused-ring (bicyclic) bond motifs is 1. The smallest absolute Gasteiger partial charge is 0.191 e. The van der Waals surface area contributed by atoms with Crippen LogP contribution in [0.2, 0.25) is 0 Å². The molecular weight excluding hydrogens is 392 g/mol. The van der Waals surface area contributed by atoms with Crippen LogP contribution in [-0.2, 0) is 17.6 Å². The number of hydrogen-bond acceptors (Lipinski definition) is 4. The van der Waals surface area contributed by atoms with Crippen LogP contribution in [0.5, 0.6) is 5.75 Å². The minimum atomic E-state index is 0.218. The highest BCUT2D eigenvalue weighted by Crippen LogP contribution is 2.28. The monoisotopic (exact) mass is 424 g/mol. The lowest BCUT2D eigenvalue weighted by atomic mass is 10.1. The van der Waals surface area contributed by atoms with E-state index in [9.17, 15) is 0 Å². The summed E-state index contributed by atoms with van der Waals surface area (Å²) in [4.78, 5) is 8.13. The third kappa shape index (κ3) is 5.82. The SMILES string of the molecule is COc1cccc2[nH]cc(CCNC(=NCC3CCCCO3)NCCc3ccco3)c12. The molecule has 1 atom stereocenters. The van der Waals surface area contributed by atoms with Crippen LogP contribution in [0.1, 0.15) is 30.6 Å². The molecule has 1 unspecified atom stereocenters. The molecular formula is C24H32N4O3. The topological polar surface area (TPSA) is 83.8 Å². The van der Waals surface area contributed by atoms with Crippen LogP contribution in [-0.4, -0.2) is 50.4 Å². The fourth-order valence-corrected chi connectivity index (χ4v) is 3.98. The maximum Gasteiger partial charge on any atom is 0.191 e. The molecule has 1 saturated heterocycles. The highest BCUT2D eigenvalue weighted by atomic mass is 16.5. The molecule has 3 aromatic rings. The van der Waals surface area contributed by atoms with Gasteiger partial charge in [-0.25, -0.2) is 0 Å². The van der Waals surface area contributed by atoms with Gasteiger partial charge >= 0.3 is 0 Å². The Labute approximate surface area is 183 Å². The number of nitrogens with one attached hydrogen (secondary N) is 3. The highest BCUT2D eigenvalue weighted by molar-refractivity contribution is 5.89. The van der Waals surface area contributed by atoms with Crippen molar-refractivity contribution in [2.45, 2.75) is 38.2 Å². The number of furan rings is 1. The van der Waals surface area contributed by atoms with Crippen LogP contribution >= 0.6 is 0 Å². The van der Waals surface area contributed by atoms with Gasteiger partial charge in [-0.05, 0) is 55.5 Å². The molecule has 0 bridgehead atoms. The van der Waals surface area contributed by atoms with Gasteiger partial charge in [0, 0.05) is 43.2 Å². The van der Waals surface area contributed by atoms with Crippen LogP contribution < -0.4 is 15.4 Å². The average Bonchev–Trinajstić information content (AvgIpc) is 3.48. The van der Waals surface area contributed by atoms with E-state index < -0.39 is 0 Å². The van der Waals surface area contributed by atoms with Crippen LogP contribution in [0, 0.1) is 0 Å². The number of benzene rings is 1. The summed E-state index contributed by atoms with van der Waals surface area (Å²) in [5.41, 5.74) is 2.32. The Morgan fingerprint density at radius 1 is 1.16 bits per heavy atom. The first-order valence-electron chi connectivity index (χ1n) is 11.1. The van der Waals surface area contributed by atoms with Gasteiger partial charge < -0.3 is 29.5 Å². The molecule has 166 valence electrons. The van der Waals surface area contributed by atoms with E-state index in [4.69, 9.17) is 18.9 Å². The van der Waals surface area contributed by atoms with Crippen molar-refractivity contribution < 1.29 is 13.9 Å². The van der Waals surface area contributed by atoms with Crippen molar-refractivity contribution in [3.05, 3.63) is 54.1 Å². The molecule has 0 radical (unpaired) electrons. The van der Waals surface area contributed by atoms with Crippen molar-refractivity contribution in [3.8, 4) is 5.75 Å². The second-order valence-electron chi connectivity index (χ2n) is 7.81. The molecule has 3 heterocycles. The van der Waals surface area contributed by atoms with Crippen LogP contribution in [0.3, 0.4) is 0 Å². The van der Waals surface area contributed by atoms with Crippen molar-refractivity contribution >= 4 is 16.9 Å². The first-order valence-corrected chi connectivity index (χ1v) is 11.1. The summed E-state index contributed by atoms with van der Waals surface area (Å²) in [5.74, 6) is 2.68. The Morgan fingerprint density at radius 2 is 2.06 bits per heavy atom. The number of rotatable bonds is 9. The molecule has 7 nitrogen and oxygen atoms in total. The van der Waals surface area contributed by atoms with E-state index in [2.05, 4.69) is 27.9 Å². The summed E-state index contributed by atoms with van der Waals surface area (Å²) in [6, 6.07) is 9.98. The van der Waals surface area contributed by atoms with E-state index in [1.54, 1.807) is 13.4 Å². The number of nitrogens with zero attached hydrogens (tertiary/aromatic N) is 1. The number of hydrogen-bond donors (Lipinski definition) is 3. The van der Waals surface area contributed by atoms with E-state index in [-0.39, 0.29) is 6.10 Å². The number of ether oxygens (including phenoxy) is 2. The fourth-order valence-electron chi connectivity index (χ4n) is 3.98. The van der Waals surface area contributed by atoms with Crippen molar-refractivity contribution in [2.24, 2.45) is 4.99 Å². The van der Waals surface area contributed by atoms with E-state index in [0.717, 1.165) is 73.8 Å². The van der Waals surface area contributed by atoms with Gasteiger partial charge in [-0.1, -0.05) is 6.07 Å². The van der Waals surface area contributed by atoms with E-state index >= 15 is 0 Å². The largest absolute Gasteiger partial charge is 0.496 e. The van der Waals surface area contributed by atoms with E-state index in [1.807, 2.05) is 24.3 Å². The van der Waals surface area contributed by atoms with Gasteiger partial charge in [-0.2, -0.15) is 0 Å². The molecule has 7 heteroatoms. The van der Waals surface area contributed by atoms with Gasteiger partial charge in [-0.3, -0.25) is 4.99 Å². The Hall–Kier alpha value is -2.93. The van der Waals surface area contributed by atoms with Crippen molar-refractivity contribution in [3.63, 3.8) is 0 Å². The number of H-pyrrole nitrogens is 1. The molecule has 1 aromatic carbocycles. The van der Waals surface area contributed by atoms with Gasteiger partial charge in [0.2, 0.25) is 0 Å². The Morgan fingerprint density at radius 3 is 2.84 bits per heavy atom. The van der Waals surface area contributed by atoms with Gasteiger partial charge in [-0.15, -0.1) is 0 Å². The molecule has 4 rings (SSSR count). The maximum absolute atomic E-state index is 5.83. The normalized spacial score (nSPS) is 17.1. The quantitative estimate of drug-likeness (QED) is 0.361. The minimum absolute atomic E-state index is 0.218. The molecule has 0 aliphatic carbocycles. The number of guanidine groups is 1. The minimum Gasteiger partial charge on any atom is -0.496 e. The van der Waals surface area contributed by atoms with Crippen LogP contribution in [0.4, 0.5) is 0 Å². The average molecular weight is 425 g/mol. The summed E-state index contributed by atoms with van der Waals surface area (Å²) >= 11 is 0. The molecule has 2 aromatic heterocycles. The Kier molecular flexibility index (Phi) is 7.50. The summed E-state index contributed by atoms with van der Waals surface area (Å²) in [7, 11) is 1.71. The highest BCUT2D eigenvalue weighted by Gasteiger charge is 2.14. The lowest BCUT2D eigenvalue weighted by Gasteiger charge is -2.21. The summed E-state index contributed by atoms with van der Waals surface area (Å²) in [6.07, 6.45) is 9.11. The third-order valence-electron chi connectivity index (χ3n) is 5.63. The second-order valence-corrected chi connectivity index (χ2v) is 7.81. The fraction of sp³-hybridized carbons (Fsp3) is 0.458. The van der Waals surface area contributed by atoms with Gasteiger partial charge in [0.25, 0.3) is 0 Å². The molecule has 31 heavy (non-hydrogen) atoms. The van der Waals surface area contributed by atoms with E-state index in [1.165, 1.54) is 12.0 Å². The van der Waals surface area contributed by atoms with Crippen molar-refractivity contribution in [2.75, 3.05) is 33.4 Å². The molecule has 3 N–H and O–H groups in total. The first kappa shape index (κ1) is 21.3. The molecule has 0 saturated carbocycles. The Balaban J connectivity index is 1.35.